The highest BCUT2D eigenvalue weighted by molar-refractivity contribution is 14.0. The Morgan fingerprint density at radius 2 is 2.00 bits per heavy atom. The van der Waals surface area contributed by atoms with Crippen LogP contribution in [0.5, 0.6) is 0 Å². The fourth-order valence-corrected chi connectivity index (χ4v) is 3.52. The monoisotopic (exact) mass is 527 g/mol. The second kappa shape index (κ2) is 12.9. The molecule has 0 saturated carbocycles. The first-order valence-corrected chi connectivity index (χ1v) is 10.4. The molecule has 0 aliphatic carbocycles. The average molecular weight is 527 g/mol. The summed E-state index contributed by atoms with van der Waals surface area (Å²) < 4.78 is 11.0. The van der Waals surface area contributed by atoms with Crippen molar-refractivity contribution >= 4 is 29.9 Å². The molecule has 2 heterocycles. The van der Waals surface area contributed by atoms with E-state index in [9.17, 15) is 0 Å². The highest BCUT2D eigenvalue weighted by Gasteiger charge is 2.19. The van der Waals surface area contributed by atoms with Crippen LogP contribution in [0.1, 0.15) is 30.7 Å². The first-order valence-electron chi connectivity index (χ1n) is 10.4. The third-order valence-corrected chi connectivity index (χ3v) is 5.27. The molecule has 1 fully saturated rings. The van der Waals surface area contributed by atoms with Crippen molar-refractivity contribution < 1.29 is 9.15 Å². The zero-order valence-electron chi connectivity index (χ0n) is 18.2. The molecule has 0 atom stereocenters. The first-order chi connectivity index (χ1) is 14.2. The lowest BCUT2D eigenvalue weighted by Crippen LogP contribution is -2.48. The molecule has 1 aromatic heterocycles. The maximum absolute atomic E-state index is 5.88. The van der Waals surface area contributed by atoms with Crippen LogP contribution in [0.4, 0.5) is 0 Å². The predicted octanol–water partition coefficient (Wildman–Crippen LogP) is 3.43. The number of piperidine rings is 1. The summed E-state index contributed by atoms with van der Waals surface area (Å²) in [6.45, 7) is 6.74. The Kier molecular flexibility index (Phi) is 10.6. The molecule has 30 heavy (non-hydrogen) atoms. The molecular weight excluding hydrogens is 493 g/mol. The Morgan fingerprint density at radius 3 is 2.67 bits per heavy atom. The Balaban J connectivity index is 0.00000320. The van der Waals surface area contributed by atoms with Crippen molar-refractivity contribution in [1.29, 1.82) is 0 Å². The number of nitrogens with zero attached hydrogens (tertiary/aromatic N) is 3. The van der Waals surface area contributed by atoms with Gasteiger partial charge in [-0.25, -0.2) is 4.98 Å². The molecule has 0 radical (unpaired) electrons. The molecule has 8 heteroatoms. The summed E-state index contributed by atoms with van der Waals surface area (Å²) in [5, 5.41) is 6.84. The summed E-state index contributed by atoms with van der Waals surface area (Å²) in [5.41, 5.74) is 2.26. The Bertz CT molecular complexity index is 770. The van der Waals surface area contributed by atoms with Crippen LogP contribution in [-0.2, 0) is 11.3 Å². The smallest absolute Gasteiger partial charge is 0.214 e. The van der Waals surface area contributed by atoms with Crippen LogP contribution >= 0.6 is 24.0 Å². The van der Waals surface area contributed by atoms with Gasteiger partial charge in [0.1, 0.15) is 0 Å². The highest BCUT2D eigenvalue weighted by atomic mass is 127. The molecule has 0 bridgehead atoms. The van der Waals surface area contributed by atoms with Crippen LogP contribution in [-0.4, -0.2) is 62.3 Å². The summed E-state index contributed by atoms with van der Waals surface area (Å²) in [6.07, 6.45) is 5.10. The Hall–Kier alpha value is -1.65. The topological polar surface area (TPSA) is 74.9 Å². The molecule has 2 aromatic rings. The SMILES string of the molecule is CN=C(NCc1ncc(-c2ccc(C)cc2)o1)NC1CCN(CCCOC)CC1.I. The van der Waals surface area contributed by atoms with Gasteiger partial charge in [-0.15, -0.1) is 24.0 Å². The summed E-state index contributed by atoms with van der Waals surface area (Å²) in [4.78, 5) is 11.2. The van der Waals surface area contributed by atoms with Gasteiger partial charge in [0.25, 0.3) is 0 Å². The molecule has 1 aromatic carbocycles. The van der Waals surface area contributed by atoms with E-state index in [-0.39, 0.29) is 24.0 Å². The van der Waals surface area contributed by atoms with Crippen molar-refractivity contribution in [3.63, 3.8) is 0 Å². The predicted molar refractivity (Wildman–Crippen MR) is 131 cm³/mol. The minimum absolute atomic E-state index is 0. The summed E-state index contributed by atoms with van der Waals surface area (Å²) in [5.74, 6) is 2.22. The minimum atomic E-state index is 0. The van der Waals surface area contributed by atoms with Crippen LogP contribution in [0.3, 0.4) is 0 Å². The van der Waals surface area contributed by atoms with E-state index < -0.39 is 0 Å². The van der Waals surface area contributed by atoms with Gasteiger partial charge in [0.2, 0.25) is 5.89 Å². The lowest BCUT2D eigenvalue weighted by atomic mass is 10.1. The lowest BCUT2D eigenvalue weighted by Gasteiger charge is -2.33. The zero-order chi connectivity index (χ0) is 20.5. The van der Waals surface area contributed by atoms with E-state index in [2.05, 4.69) is 56.7 Å². The van der Waals surface area contributed by atoms with E-state index in [1.165, 1.54) is 5.56 Å². The van der Waals surface area contributed by atoms with Gasteiger partial charge in [0.05, 0.1) is 12.7 Å². The van der Waals surface area contributed by atoms with Crippen LogP contribution in [0.2, 0.25) is 0 Å². The Morgan fingerprint density at radius 1 is 1.27 bits per heavy atom. The second-order valence-electron chi connectivity index (χ2n) is 7.52. The van der Waals surface area contributed by atoms with Crippen molar-refractivity contribution in [2.75, 3.05) is 40.4 Å². The number of oxazole rings is 1. The molecule has 2 N–H and O–H groups in total. The molecule has 1 aliphatic heterocycles. The first kappa shape index (κ1) is 24.6. The van der Waals surface area contributed by atoms with E-state index in [0.29, 0.717) is 18.5 Å². The number of rotatable bonds is 8. The van der Waals surface area contributed by atoms with Gasteiger partial charge >= 0.3 is 0 Å². The quantitative estimate of drug-likeness (QED) is 0.237. The van der Waals surface area contributed by atoms with Crippen molar-refractivity contribution in [3.8, 4) is 11.3 Å². The van der Waals surface area contributed by atoms with E-state index in [4.69, 9.17) is 9.15 Å². The standard InChI is InChI=1S/C22H33N5O2.HI/c1-17-5-7-18(8-6-17)20-15-24-21(29-20)16-25-22(23-2)26-19-9-12-27(13-10-19)11-4-14-28-3;/h5-8,15,19H,4,9-14,16H2,1-3H3,(H2,23,25,26);1H. The number of halogens is 1. The minimum Gasteiger partial charge on any atom is -0.439 e. The fraction of sp³-hybridized carbons (Fsp3) is 0.545. The van der Waals surface area contributed by atoms with Crippen LogP contribution in [0.15, 0.2) is 39.9 Å². The van der Waals surface area contributed by atoms with Crippen molar-refractivity contribution in [2.24, 2.45) is 4.99 Å². The van der Waals surface area contributed by atoms with Gasteiger partial charge in [-0.3, -0.25) is 4.99 Å². The molecule has 3 rings (SSSR count). The van der Waals surface area contributed by atoms with Crippen LogP contribution in [0.25, 0.3) is 11.3 Å². The molecule has 1 saturated heterocycles. The average Bonchev–Trinajstić information content (AvgIpc) is 3.22. The zero-order valence-corrected chi connectivity index (χ0v) is 20.5. The number of ether oxygens (including phenoxy) is 1. The van der Waals surface area contributed by atoms with E-state index in [1.54, 1.807) is 20.4 Å². The summed E-state index contributed by atoms with van der Waals surface area (Å²) >= 11 is 0. The molecule has 7 nitrogen and oxygen atoms in total. The van der Waals surface area contributed by atoms with Crippen LogP contribution in [0, 0.1) is 6.92 Å². The second-order valence-corrected chi connectivity index (χ2v) is 7.52. The molecule has 0 unspecified atom stereocenters. The van der Waals surface area contributed by atoms with Gasteiger partial charge in [-0.1, -0.05) is 29.8 Å². The fourth-order valence-electron chi connectivity index (χ4n) is 3.52. The van der Waals surface area contributed by atoms with Crippen molar-refractivity contribution in [1.82, 2.24) is 20.5 Å². The maximum Gasteiger partial charge on any atom is 0.214 e. The maximum atomic E-state index is 5.88. The third-order valence-electron chi connectivity index (χ3n) is 5.27. The van der Waals surface area contributed by atoms with Gasteiger partial charge < -0.3 is 24.7 Å². The molecule has 0 spiro atoms. The van der Waals surface area contributed by atoms with Gasteiger partial charge in [-0.05, 0) is 26.2 Å². The number of aliphatic imine (C=N–C) groups is 1. The molecular formula is C22H34IN5O2. The summed E-state index contributed by atoms with van der Waals surface area (Å²) in [6, 6.07) is 8.69. The number of nitrogens with one attached hydrogen (secondary N) is 2. The molecule has 1 aliphatic rings. The number of methoxy groups -OCH3 is 1. The highest BCUT2D eigenvalue weighted by Crippen LogP contribution is 2.20. The Labute approximate surface area is 196 Å². The van der Waals surface area contributed by atoms with Crippen molar-refractivity contribution in [2.45, 2.75) is 38.8 Å². The van der Waals surface area contributed by atoms with E-state index in [1.807, 2.05) is 0 Å². The van der Waals surface area contributed by atoms with Crippen molar-refractivity contribution in [3.05, 3.63) is 41.9 Å². The molecule has 166 valence electrons. The summed E-state index contributed by atoms with van der Waals surface area (Å²) in [7, 11) is 3.55. The van der Waals surface area contributed by atoms with Crippen LogP contribution < -0.4 is 10.6 Å². The van der Waals surface area contributed by atoms with Gasteiger partial charge in [0, 0.05) is 52.0 Å². The number of aryl methyl sites for hydroxylation is 1. The number of guanidine groups is 1. The number of aromatic nitrogens is 1. The largest absolute Gasteiger partial charge is 0.439 e. The number of likely N-dealkylation sites (tertiary alicyclic amines) is 1. The lowest BCUT2D eigenvalue weighted by molar-refractivity contribution is 0.155. The van der Waals surface area contributed by atoms with Gasteiger partial charge in [0.15, 0.2) is 11.7 Å². The normalized spacial score (nSPS) is 15.6. The van der Waals surface area contributed by atoms with E-state index in [0.717, 1.165) is 62.8 Å². The number of hydrogen-bond acceptors (Lipinski definition) is 5. The number of hydrogen-bond donors (Lipinski definition) is 2. The van der Waals surface area contributed by atoms with Gasteiger partial charge in [-0.2, -0.15) is 0 Å². The molecule has 0 amide bonds. The van der Waals surface area contributed by atoms with E-state index >= 15 is 0 Å². The number of benzene rings is 1. The third kappa shape index (κ3) is 7.55.